The maximum absolute atomic E-state index is 12.4. The van der Waals surface area contributed by atoms with Crippen molar-refractivity contribution in [3.05, 3.63) is 52.8 Å². The lowest BCUT2D eigenvalue weighted by atomic mass is 9.92. The molecule has 1 atom stereocenters. The van der Waals surface area contributed by atoms with Crippen molar-refractivity contribution in [2.24, 2.45) is 0 Å². The van der Waals surface area contributed by atoms with Gasteiger partial charge in [0, 0.05) is 12.7 Å². The second-order valence-corrected chi connectivity index (χ2v) is 6.30. The molecule has 1 aromatic carbocycles. The van der Waals surface area contributed by atoms with Gasteiger partial charge in [-0.3, -0.25) is 9.48 Å². The highest BCUT2D eigenvalue weighted by Crippen LogP contribution is 2.43. The predicted octanol–water partition coefficient (Wildman–Crippen LogP) is 2.19. The summed E-state index contributed by atoms with van der Waals surface area (Å²) < 4.78 is 7.64. The smallest absolute Gasteiger partial charge is 0.244 e. The van der Waals surface area contributed by atoms with Crippen LogP contribution in [0.4, 0.5) is 0 Å². The van der Waals surface area contributed by atoms with Gasteiger partial charge >= 0.3 is 0 Å². The topological polar surface area (TPSA) is 47.4 Å². The summed E-state index contributed by atoms with van der Waals surface area (Å²) in [7, 11) is 0. The summed E-state index contributed by atoms with van der Waals surface area (Å²) in [5, 5.41) is 4.60. The summed E-state index contributed by atoms with van der Waals surface area (Å²) in [5.41, 5.74) is 2.14. The Kier molecular flexibility index (Phi) is 3.20. The van der Waals surface area contributed by atoms with E-state index in [1.165, 1.54) is 17.3 Å². The molecule has 1 aromatic heterocycles. The van der Waals surface area contributed by atoms with Crippen LogP contribution in [0, 0.1) is 0 Å². The third kappa shape index (κ3) is 2.21. The van der Waals surface area contributed by atoms with Crippen LogP contribution in [0.3, 0.4) is 0 Å². The quantitative estimate of drug-likeness (QED) is 0.853. The minimum Gasteiger partial charge on any atom is -0.364 e. The molecule has 2 aromatic rings. The molecule has 4 rings (SSSR count). The standard InChI is InChI=1S/C16H16ClN3O2/c17-13-7-18-20(8-13)9-15(21)19-6-5-16(11-19)14-4-2-1-3-12(14)10-22-16/h1-4,7-8H,5-6,9-11H2. The fraction of sp³-hybridized carbons (Fsp3) is 0.375. The Hall–Kier alpha value is -1.85. The fourth-order valence-corrected chi connectivity index (χ4v) is 3.54. The zero-order valence-corrected chi connectivity index (χ0v) is 12.8. The van der Waals surface area contributed by atoms with Crippen molar-refractivity contribution in [1.29, 1.82) is 0 Å². The van der Waals surface area contributed by atoms with Gasteiger partial charge in [0.2, 0.25) is 5.91 Å². The van der Waals surface area contributed by atoms with Gasteiger partial charge in [-0.15, -0.1) is 0 Å². The Morgan fingerprint density at radius 1 is 1.41 bits per heavy atom. The van der Waals surface area contributed by atoms with Crippen LogP contribution < -0.4 is 0 Å². The van der Waals surface area contributed by atoms with Crippen molar-refractivity contribution in [1.82, 2.24) is 14.7 Å². The van der Waals surface area contributed by atoms with E-state index in [4.69, 9.17) is 16.3 Å². The van der Waals surface area contributed by atoms with Crippen molar-refractivity contribution < 1.29 is 9.53 Å². The van der Waals surface area contributed by atoms with Crippen LogP contribution in [-0.2, 0) is 28.3 Å². The Labute approximate surface area is 133 Å². The van der Waals surface area contributed by atoms with Crippen LogP contribution in [0.2, 0.25) is 5.02 Å². The van der Waals surface area contributed by atoms with Gasteiger partial charge in [-0.25, -0.2) is 0 Å². The summed E-state index contributed by atoms with van der Waals surface area (Å²) in [6, 6.07) is 8.27. The van der Waals surface area contributed by atoms with E-state index in [1.807, 2.05) is 17.0 Å². The third-order valence-corrected chi connectivity index (χ3v) is 4.69. The van der Waals surface area contributed by atoms with Gasteiger partial charge in [-0.1, -0.05) is 35.9 Å². The molecule has 5 nitrogen and oxygen atoms in total. The number of amides is 1. The lowest BCUT2D eigenvalue weighted by molar-refractivity contribution is -0.132. The minimum absolute atomic E-state index is 0.0459. The van der Waals surface area contributed by atoms with E-state index in [-0.39, 0.29) is 18.1 Å². The first kappa shape index (κ1) is 13.8. The van der Waals surface area contributed by atoms with Crippen LogP contribution in [0.5, 0.6) is 0 Å². The lowest BCUT2D eigenvalue weighted by Gasteiger charge is -2.24. The molecule has 1 saturated heterocycles. The molecular formula is C16H16ClN3O2. The van der Waals surface area contributed by atoms with Gasteiger partial charge < -0.3 is 9.64 Å². The summed E-state index contributed by atoms with van der Waals surface area (Å²) in [6.45, 7) is 2.16. The molecule has 1 amide bonds. The highest BCUT2D eigenvalue weighted by Gasteiger charge is 2.46. The molecule has 22 heavy (non-hydrogen) atoms. The van der Waals surface area contributed by atoms with Crippen molar-refractivity contribution in [3.63, 3.8) is 0 Å². The second-order valence-electron chi connectivity index (χ2n) is 5.86. The molecule has 1 unspecified atom stereocenters. The number of ether oxygens (including phenoxy) is 1. The van der Waals surface area contributed by atoms with Crippen LogP contribution >= 0.6 is 11.6 Å². The summed E-state index contributed by atoms with van der Waals surface area (Å²) in [6.07, 6.45) is 4.04. The van der Waals surface area contributed by atoms with E-state index < -0.39 is 0 Å². The maximum Gasteiger partial charge on any atom is 0.244 e. The molecule has 0 radical (unpaired) electrons. The highest BCUT2D eigenvalue weighted by atomic mass is 35.5. The van der Waals surface area contributed by atoms with Crippen molar-refractivity contribution >= 4 is 17.5 Å². The number of benzene rings is 1. The Morgan fingerprint density at radius 2 is 2.27 bits per heavy atom. The molecule has 1 fully saturated rings. The summed E-state index contributed by atoms with van der Waals surface area (Å²) in [4.78, 5) is 14.3. The number of fused-ring (bicyclic) bond motifs is 2. The predicted molar refractivity (Wildman–Crippen MR) is 81.3 cm³/mol. The molecule has 114 valence electrons. The second kappa shape index (κ2) is 5.11. The van der Waals surface area contributed by atoms with E-state index in [0.29, 0.717) is 24.7 Å². The molecule has 2 aliphatic rings. The van der Waals surface area contributed by atoms with Gasteiger partial charge in [-0.2, -0.15) is 5.10 Å². The molecule has 0 bridgehead atoms. The summed E-state index contributed by atoms with van der Waals surface area (Å²) >= 11 is 5.83. The number of halogens is 1. The normalized spacial score (nSPS) is 23.2. The number of carbonyl (C=O) groups is 1. The van der Waals surface area contributed by atoms with E-state index in [0.717, 1.165) is 6.42 Å². The zero-order valence-electron chi connectivity index (χ0n) is 12.0. The van der Waals surface area contributed by atoms with Gasteiger partial charge in [0.05, 0.1) is 24.4 Å². The zero-order chi connectivity index (χ0) is 15.2. The third-order valence-electron chi connectivity index (χ3n) is 4.50. The lowest BCUT2D eigenvalue weighted by Crippen LogP contribution is -2.36. The number of rotatable bonds is 2. The van der Waals surface area contributed by atoms with Gasteiger partial charge in [0.1, 0.15) is 12.1 Å². The van der Waals surface area contributed by atoms with Crippen molar-refractivity contribution in [2.45, 2.75) is 25.2 Å². The van der Waals surface area contributed by atoms with E-state index in [2.05, 4.69) is 17.2 Å². The minimum atomic E-state index is -0.325. The number of hydrogen-bond acceptors (Lipinski definition) is 3. The first-order valence-electron chi connectivity index (χ1n) is 7.34. The van der Waals surface area contributed by atoms with Crippen LogP contribution in [0.15, 0.2) is 36.7 Å². The summed E-state index contributed by atoms with van der Waals surface area (Å²) in [5.74, 6) is 0.0459. The maximum atomic E-state index is 12.4. The monoisotopic (exact) mass is 317 g/mol. The molecule has 2 aliphatic heterocycles. The molecule has 1 spiro atoms. The van der Waals surface area contributed by atoms with Gasteiger partial charge in [0.15, 0.2) is 0 Å². The fourth-order valence-electron chi connectivity index (χ4n) is 3.38. The van der Waals surface area contributed by atoms with Crippen LogP contribution in [0.1, 0.15) is 17.5 Å². The van der Waals surface area contributed by atoms with E-state index in [9.17, 15) is 4.79 Å². The van der Waals surface area contributed by atoms with Crippen molar-refractivity contribution in [3.8, 4) is 0 Å². The molecule has 0 N–H and O–H groups in total. The SMILES string of the molecule is O=C(Cn1cc(Cl)cn1)N1CCC2(C1)OCc1ccccc12. The van der Waals surface area contributed by atoms with Crippen LogP contribution in [0.25, 0.3) is 0 Å². The average molecular weight is 318 g/mol. The Morgan fingerprint density at radius 3 is 3.09 bits per heavy atom. The number of nitrogens with zero attached hydrogens (tertiary/aromatic N) is 3. The number of carbonyl (C=O) groups excluding carboxylic acids is 1. The average Bonchev–Trinajstić information content (AvgIpc) is 3.21. The Balaban J connectivity index is 1.50. The van der Waals surface area contributed by atoms with E-state index >= 15 is 0 Å². The highest BCUT2D eigenvalue weighted by molar-refractivity contribution is 6.30. The van der Waals surface area contributed by atoms with Gasteiger partial charge in [0.25, 0.3) is 0 Å². The molecule has 0 saturated carbocycles. The van der Waals surface area contributed by atoms with Gasteiger partial charge in [-0.05, 0) is 17.5 Å². The van der Waals surface area contributed by atoms with E-state index in [1.54, 1.807) is 10.9 Å². The van der Waals surface area contributed by atoms with Crippen molar-refractivity contribution in [2.75, 3.05) is 13.1 Å². The Bertz CT molecular complexity index is 730. The number of hydrogen-bond donors (Lipinski definition) is 0. The molecule has 3 heterocycles. The first-order chi connectivity index (χ1) is 10.7. The van der Waals surface area contributed by atoms with Crippen LogP contribution in [-0.4, -0.2) is 33.7 Å². The molecular weight excluding hydrogens is 302 g/mol. The number of aromatic nitrogens is 2. The number of likely N-dealkylation sites (tertiary alicyclic amines) is 1. The molecule has 6 heteroatoms. The first-order valence-corrected chi connectivity index (χ1v) is 7.72. The molecule has 0 aliphatic carbocycles. The largest absolute Gasteiger partial charge is 0.364 e.